The Morgan fingerprint density at radius 3 is 2.79 bits per heavy atom. The lowest BCUT2D eigenvalue weighted by Gasteiger charge is -2.34. The SMILES string of the molecule is COc1ccc2ncc(Cl)c(N3CCC(c4ncc[nH]4)CC3)c2c1. The van der Waals surface area contributed by atoms with Gasteiger partial charge in [-0.15, -0.1) is 0 Å². The van der Waals surface area contributed by atoms with Crippen molar-refractivity contribution < 1.29 is 4.74 Å². The van der Waals surface area contributed by atoms with Crippen molar-refractivity contribution >= 4 is 28.2 Å². The molecule has 1 N–H and O–H groups in total. The summed E-state index contributed by atoms with van der Waals surface area (Å²) in [4.78, 5) is 14.4. The second kappa shape index (κ2) is 6.32. The van der Waals surface area contributed by atoms with E-state index in [0.717, 1.165) is 54.1 Å². The Kier molecular flexibility index (Phi) is 4.02. The molecule has 124 valence electrons. The number of anilines is 1. The molecule has 0 spiro atoms. The Bertz CT molecular complexity index is 842. The maximum Gasteiger partial charge on any atom is 0.119 e. The van der Waals surface area contributed by atoms with E-state index < -0.39 is 0 Å². The Morgan fingerprint density at radius 2 is 2.08 bits per heavy atom. The first-order valence-corrected chi connectivity index (χ1v) is 8.50. The molecule has 1 aliphatic heterocycles. The van der Waals surface area contributed by atoms with Crippen LogP contribution in [0.1, 0.15) is 24.6 Å². The van der Waals surface area contributed by atoms with E-state index in [9.17, 15) is 0 Å². The van der Waals surface area contributed by atoms with Crippen molar-refractivity contribution in [1.29, 1.82) is 0 Å². The molecule has 4 rings (SSSR count). The Labute approximate surface area is 145 Å². The van der Waals surface area contributed by atoms with E-state index in [1.807, 2.05) is 30.6 Å². The molecule has 0 aliphatic carbocycles. The number of piperidine rings is 1. The summed E-state index contributed by atoms with van der Waals surface area (Å²) in [6.07, 6.45) is 7.56. The average Bonchev–Trinajstić information content (AvgIpc) is 3.16. The molecule has 1 aliphatic rings. The molecule has 2 aromatic heterocycles. The molecule has 6 heteroatoms. The molecule has 1 aromatic carbocycles. The van der Waals surface area contributed by atoms with Gasteiger partial charge in [-0.25, -0.2) is 4.98 Å². The fourth-order valence-electron chi connectivity index (χ4n) is 3.46. The third-order valence-corrected chi connectivity index (χ3v) is 5.00. The number of aromatic nitrogens is 3. The number of methoxy groups -OCH3 is 1. The molecule has 0 unspecified atom stereocenters. The van der Waals surface area contributed by atoms with Crippen LogP contribution in [0.2, 0.25) is 5.02 Å². The van der Waals surface area contributed by atoms with Gasteiger partial charge in [0.05, 0.1) is 23.3 Å². The number of nitrogens with zero attached hydrogens (tertiary/aromatic N) is 3. The molecule has 1 fully saturated rings. The molecule has 24 heavy (non-hydrogen) atoms. The van der Waals surface area contributed by atoms with Gasteiger partial charge >= 0.3 is 0 Å². The topological polar surface area (TPSA) is 54.0 Å². The monoisotopic (exact) mass is 342 g/mol. The van der Waals surface area contributed by atoms with Gasteiger partial charge in [0.1, 0.15) is 11.6 Å². The number of nitrogens with one attached hydrogen (secondary N) is 1. The minimum Gasteiger partial charge on any atom is -0.497 e. The summed E-state index contributed by atoms with van der Waals surface area (Å²) in [7, 11) is 1.67. The van der Waals surface area contributed by atoms with E-state index in [0.29, 0.717) is 10.9 Å². The summed E-state index contributed by atoms with van der Waals surface area (Å²) in [5, 5.41) is 1.73. The third kappa shape index (κ3) is 2.69. The number of hydrogen-bond acceptors (Lipinski definition) is 4. The maximum absolute atomic E-state index is 6.50. The third-order valence-electron chi connectivity index (χ3n) is 4.72. The highest BCUT2D eigenvalue weighted by molar-refractivity contribution is 6.34. The Morgan fingerprint density at radius 1 is 1.25 bits per heavy atom. The van der Waals surface area contributed by atoms with Crippen LogP contribution in [-0.2, 0) is 0 Å². The van der Waals surface area contributed by atoms with Crippen molar-refractivity contribution in [3.63, 3.8) is 0 Å². The summed E-state index contributed by atoms with van der Waals surface area (Å²) in [5.41, 5.74) is 1.99. The summed E-state index contributed by atoms with van der Waals surface area (Å²) >= 11 is 6.50. The molecule has 3 heterocycles. The van der Waals surface area contributed by atoms with Crippen molar-refractivity contribution in [2.45, 2.75) is 18.8 Å². The number of fused-ring (bicyclic) bond motifs is 1. The van der Waals surface area contributed by atoms with Crippen LogP contribution in [0.5, 0.6) is 5.75 Å². The molecular formula is C18H19ClN4O. The van der Waals surface area contributed by atoms with Gasteiger partial charge in [-0.2, -0.15) is 0 Å². The average molecular weight is 343 g/mol. The number of rotatable bonds is 3. The smallest absolute Gasteiger partial charge is 0.119 e. The van der Waals surface area contributed by atoms with Gasteiger partial charge < -0.3 is 14.6 Å². The number of ether oxygens (including phenoxy) is 1. The lowest BCUT2D eigenvalue weighted by atomic mass is 9.95. The van der Waals surface area contributed by atoms with Gasteiger partial charge in [0.2, 0.25) is 0 Å². The summed E-state index contributed by atoms with van der Waals surface area (Å²) < 4.78 is 5.37. The summed E-state index contributed by atoms with van der Waals surface area (Å²) in [6, 6.07) is 5.92. The van der Waals surface area contributed by atoms with Crippen LogP contribution in [0.3, 0.4) is 0 Å². The fourth-order valence-corrected chi connectivity index (χ4v) is 3.73. The van der Waals surface area contributed by atoms with E-state index in [1.165, 1.54) is 0 Å². The number of hydrogen-bond donors (Lipinski definition) is 1. The number of imidazole rings is 1. The van der Waals surface area contributed by atoms with Crippen LogP contribution in [-0.4, -0.2) is 35.2 Å². The number of H-pyrrole nitrogens is 1. The second-order valence-electron chi connectivity index (χ2n) is 6.07. The fraction of sp³-hybridized carbons (Fsp3) is 0.333. The largest absolute Gasteiger partial charge is 0.497 e. The Balaban J connectivity index is 1.65. The number of benzene rings is 1. The first-order chi connectivity index (χ1) is 11.8. The van der Waals surface area contributed by atoms with E-state index in [1.54, 1.807) is 13.3 Å². The highest BCUT2D eigenvalue weighted by Crippen LogP contribution is 2.38. The van der Waals surface area contributed by atoms with Gasteiger partial charge in [0.15, 0.2) is 0 Å². The first-order valence-electron chi connectivity index (χ1n) is 8.12. The molecule has 5 nitrogen and oxygen atoms in total. The molecule has 0 amide bonds. The predicted octanol–water partition coefficient (Wildman–Crippen LogP) is 4.00. The van der Waals surface area contributed by atoms with Crippen LogP contribution >= 0.6 is 11.6 Å². The van der Waals surface area contributed by atoms with Crippen molar-refractivity contribution in [3.05, 3.63) is 47.6 Å². The number of aromatic amines is 1. The zero-order valence-electron chi connectivity index (χ0n) is 13.5. The normalized spacial score (nSPS) is 15.8. The van der Waals surface area contributed by atoms with Gasteiger partial charge in [-0.3, -0.25) is 4.98 Å². The Hall–Kier alpha value is -2.27. The molecule has 3 aromatic rings. The quantitative estimate of drug-likeness (QED) is 0.781. The van der Waals surface area contributed by atoms with Crippen LogP contribution in [0.15, 0.2) is 36.8 Å². The van der Waals surface area contributed by atoms with Gasteiger partial charge in [0, 0.05) is 43.0 Å². The standard InChI is InChI=1S/C18H19ClN4O/c1-24-13-2-3-16-14(10-13)17(15(19)11-22-16)23-8-4-12(5-9-23)18-20-6-7-21-18/h2-3,6-7,10-12H,4-5,8-9H2,1H3,(H,20,21). The van der Waals surface area contributed by atoms with Crippen LogP contribution in [0.4, 0.5) is 5.69 Å². The summed E-state index contributed by atoms with van der Waals surface area (Å²) in [5.74, 6) is 2.39. The minimum atomic E-state index is 0.484. The maximum atomic E-state index is 6.50. The van der Waals surface area contributed by atoms with Crippen molar-refractivity contribution in [2.75, 3.05) is 25.1 Å². The van der Waals surface area contributed by atoms with Gasteiger partial charge in [-0.1, -0.05) is 11.6 Å². The van der Waals surface area contributed by atoms with Crippen LogP contribution in [0.25, 0.3) is 10.9 Å². The van der Waals surface area contributed by atoms with E-state index in [4.69, 9.17) is 16.3 Å². The highest BCUT2D eigenvalue weighted by atomic mass is 35.5. The number of pyridine rings is 1. The summed E-state index contributed by atoms with van der Waals surface area (Å²) in [6.45, 7) is 1.89. The van der Waals surface area contributed by atoms with Gasteiger partial charge in [-0.05, 0) is 31.0 Å². The lowest BCUT2D eigenvalue weighted by Crippen LogP contribution is -2.33. The van der Waals surface area contributed by atoms with Gasteiger partial charge in [0.25, 0.3) is 0 Å². The van der Waals surface area contributed by atoms with Crippen LogP contribution in [0, 0.1) is 0 Å². The van der Waals surface area contributed by atoms with E-state index >= 15 is 0 Å². The van der Waals surface area contributed by atoms with E-state index in [2.05, 4.69) is 19.9 Å². The van der Waals surface area contributed by atoms with Crippen molar-refractivity contribution in [3.8, 4) is 5.75 Å². The second-order valence-corrected chi connectivity index (χ2v) is 6.48. The number of halogens is 1. The molecule has 0 saturated carbocycles. The zero-order valence-corrected chi connectivity index (χ0v) is 14.3. The zero-order chi connectivity index (χ0) is 16.5. The molecule has 0 atom stereocenters. The van der Waals surface area contributed by atoms with Crippen LogP contribution < -0.4 is 9.64 Å². The molecule has 0 radical (unpaired) electrons. The molecular weight excluding hydrogens is 324 g/mol. The lowest BCUT2D eigenvalue weighted by molar-refractivity contribution is 0.415. The van der Waals surface area contributed by atoms with Crippen molar-refractivity contribution in [2.24, 2.45) is 0 Å². The molecule has 1 saturated heterocycles. The molecule has 0 bridgehead atoms. The first kappa shape index (κ1) is 15.3. The predicted molar refractivity (Wildman–Crippen MR) is 96.1 cm³/mol. The van der Waals surface area contributed by atoms with E-state index in [-0.39, 0.29) is 0 Å². The van der Waals surface area contributed by atoms with Crippen molar-refractivity contribution in [1.82, 2.24) is 15.0 Å². The minimum absolute atomic E-state index is 0.484. The highest BCUT2D eigenvalue weighted by Gasteiger charge is 2.25.